The molecule has 242 valence electrons. The lowest BCUT2D eigenvalue weighted by Crippen LogP contribution is -2.04. The molecule has 0 fully saturated rings. The topological polar surface area (TPSA) is 52.8 Å². The van der Waals surface area contributed by atoms with Crippen molar-refractivity contribution in [1.29, 1.82) is 0 Å². The zero-order chi connectivity index (χ0) is 34.2. The molecule has 0 unspecified atom stereocenters. The molecule has 2 aromatic heterocycles. The van der Waals surface area contributed by atoms with E-state index in [1.54, 1.807) is 0 Å². The number of hydrogen-bond donors (Lipinski definition) is 0. The third-order valence-electron chi connectivity index (χ3n) is 10.2. The van der Waals surface area contributed by atoms with Gasteiger partial charge in [-0.25, -0.2) is 15.0 Å². The van der Waals surface area contributed by atoms with Crippen molar-refractivity contribution < 1.29 is 4.74 Å². The number of rotatable bonds is 4. The highest BCUT2D eigenvalue weighted by Gasteiger charge is 2.27. The Kier molecular flexibility index (Phi) is 6.18. The van der Waals surface area contributed by atoms with Gasteiger partial charge < -0.3 is 9.30 Å². The smallest absolute Gasteiger partial charge is 0.164 e. The molecule has 0 spiro atoms. The molecule has 3 heterocycles. The molecule has 52 heavy (non-hydrogen) atoms. The zero-order valence-corrected chi connectivity index (χ0v) is 27.9. The number of hydrogen-bond acceptors (Lipinski definition) is 4. The van der Waals surface area contributed by atoms with Crippen LogP contribution in [0.1, 0.15) is 0 Å². The van der Waals surface area contributed by atoms with E-state index in [0.717, 1.165) is 66.8 Å². The molecule has 1 aliphatic rings. The van der Waals surface area contributed by atoms with Crippen LogP contribution in [0, 0.1) is 0 Å². The summed E-state index contributed by atoms with van der Waals surface area (Å²) in [4.78, 5) is 15.0. The second-order valence-electron chi connectivity index (χ2n) is 13.2. The molecule has 10 aromatic rings. The largest absolute Gasteiger partial charge is 0.454 e. The van der Waals surface area contributed by atoms with E-state index >= 15 is 0 Å². The maximum atomic E-state index is 6.99. The van der Waals surface area contributed by atoms with Crippen LogP contribution in [0.4, 0.5) is 0 Å². The van der Waals surface area contributed by atoms with Crippen LogP contribution < -0.4 is 4.74 Å². The fraction of sp³-hybridized carbons (Fsp3) is 0. The lowest BCUT2D eigenvalue weighted by molar-refractivity contribution is 0.485. The Labute approximate surface area is 299 Å². The van der Waals surface area contributed by atoms with Crippen LogP contribution in [-0.4, -0.2) is 19.5 Å². The Morgan fingerprint density at radius 1 is 0.385 bits per heavy atom. The first-order chi connectivity index (χ1) is 25.8. The first-order valence-electron chi connectivity index (χ1n) is 17.5. The van der Waals surface area contributed by atoms with Gasteiger partial charge in [0.1, 0.15) is 5.75 Å². The third-order valence-corrected chi connectivity index (χ3v) is 10.2. The molecule has 11 rings (SSSR count). The van der Waals surface area contributed by atoms with Crippen molar-refractivity contribution in [3.05, 3.63) is 170 Å². The number of aromatic nitrogens is 4. The average molecular weight is 665 g/mol. The second kappa shape index (κ2) is 11.2. The molecule has 0 N–H and O–H groups in total. The number of fused-ring (bicyclic) bond motifs is 7. The predicted octanol–water partition coefficient (Wildman–Crippen LogP) is 12.0. The summed E-state index contributed by atoms with van der Waals surface area (Å²) < 4.78 is 9.35. The number of ether oxygens (including phenoxy) is 1. The summed E-state index contributed by atoms with van der Waals surface area (Å²) in [6.45, 7) is 0. The molecule has 5 nitrogen and oxygen atoms in total. The first-order valence-corrected chi connectivity index (χ1v) is 17.5. The second-order valence-corrected chi connectivity index (χ2v) is 13.2. The van der Waals surface area contributed by atoms with Crippen LogP contribution in [0.15, 0.2) is 170 Å². The van der Waals surface area contributed by atoms with Crippen LogP contribution in [0.25, 0.3) is 94.3 Å². The van der Waals surface area contributed by atoms with E-state index in [0.29, 0.717) is 17.5 Å². The number of benzene rings is 8. The van der Waals surface area contributed by atoms with Gasteiger partial charge in [0, 0.05) is 38.4 Å². The molecule has 0 aliphatic carbocycles. The van der Waals surface area contributed by atoms with Crippen LogP contribution in [0.5, 0.6) is 11.5 Å². The van der Waals surface area contributed by atoms with Gasteiger partial charge in [-0.15, -0.1) is 0 Å². The van der Waals surface area contributed by atoms with Gasteiger partial charge >= 0.3 is 0 Å². The summed E-state index contributed by atoms with van der Waals surface area (Å²) in [6, 6.07) is 59.0. The molecular formula is C47H28N4O. The average Bonchev–Trinajstić information content (AvgIpc) is 3.56. The normalized spacial score (nSPS) is 12.0. The van der Waals surface area contributed by atoms with Gasteiger partial charge in [-0.2, -0.15) is 0 Å². The van der Waals surface area contributed by atoms with Gasteiger partial charge in [0.15, 0.2) is 23.2 Å². The van der Waals surface area contributed by atoms with Crippen LogP contribution in [-0.2, 0) is 0 Å². The highest BCUT2D eigenvalue weighted by molar-refractivity contribution is 6.21. The lowest BCUT2D eigenvalue weighted by Gasteiger charge is -2.25. The highest BCUT2D eigenvalue weighted by Crippen LogP contribution is 2.51. The number of nitrogens with zero attached hydrogens (tertiary/aromatic N) is 4. The first kappa shape index (κ1) is 28.7. The molecule has 0 bridgehead atoms. The van der Waals surface area contributed by atoms with Crippen molar-refractivity contribution in [1.82, 2.24) is 19.5 Å². The van der Waals surface area contributed by atoms with E-state index in [1.165, 1.54) is 21.5 Å². The Hall–Kier alpha value is -7.11. The van der Waals surface area contributed by atoms with E-state index < -0.39 is 0 Å². The van der Waals surface area contributed by atoms with E-state index in [4.69, 9.17) is 19.7 Å². The molecule has 0 amide bonds. The summed E-state index contributed by atoms with van der Waals surface area (Å²) in [5.74, 6) is 3.53. The van der Waals surface area contributed by atoms with E-state index in [-0.39, 0.29) is 0 Å². The molecule has 1 aliphatic heterocycles. The van der Waals surface area contributed by atoms with Gasteiger partial charge in [-0.3, -0.25) is 0 Å². The van der Waals surface area contributed by atoms with Crippen molar-refractivity contribution in [2.75, 3.05) is 0 Å². The van der Waals surface area contributed by atoms with Gasteiger partial charge in [0.05, 0.1) is 16.7 Å². The van der Waals surface area contributed by atoms with E-state index in [9.17, 15) is 0 Å². The monoisotopic (exact) mass is 664 g/mol. The Morgan fingerprint density at radius 3 is 1.81 bits per heavy atom. The highest BCUT2D eigenvalue weighted by atomic mass is 16.5. The fourth-order valence-corrected chi connectivity index (χ4v) is 7.94. The minimum atomic E-state index is 0.619. The lowest BCUT2D eigenvalue weighted by atomic mass is 9.92. The van der Waals surface area contributed by atoms with Crippen LogP contribution in [0.3, 0.4) is 0 Å². The van der Waals surface area contributed by atoms with Crippen molar-refractivity contribution in [2.45, 2.75) is 0 Å². The summed E-state index contributed by atoms with van der Waals surface area (Å²) in [5, 5.41) is 7.01. The fourth-order valence-electron chi connectivity index (χ4n) is 7.94. The zero-order valence-electron chi connectivity index (χ0n) is 27.9. The predicted molar refractivity (Wildman–Crippen MR) is 211 cm³/mol. The van der Waals surface area contributed by atoms with Crippen molar-refractivity contribution in [2.24, 2.45) is 0 Å². The van der Waals surface area contributed by atoms with Gasteiger partial charge in [0.25, 0.3) is 0 Å². The Morgan fingerprint density at radius 2 is 1.02 bits per heavy atom. The van der Waals surface area contributed by atoms with Gasteiger partial charge in [0.2, 0.25) is 0 Å². The van der Waals surface area contributed by atoms with Crippen molar-refractivity contribution in [3.8, 4) is 62.5 Å². The SMILES string of the molecule is c1ccc(-c2nc(-c3ccccc3)nc(-c3ccc4c5c(cccc35)-c3cccc(-n5c6ccccc6c6c7ccccc7ccc65)c3O4)n2)cc1. The van der Waals surface area contributed by atoms with Crippen molar-refractivity contribution >= 4 is 43.4 Å². The minimum Gasteiger partial charge on any atom is -0.454 e. The maximum absolute atomic E-state index is 6.99. The molecule has 5 heteroatoms. The Bertz CT molecular complexity index is 2980. The summed E-state index contributed by atoms with van der Waals surface area (Å²) >= 11 is 0. The van der Waals surface area contributed by atoms with E-state index in [2.05, 4.69) is 114 Å². The minimum absolute atomic E-state index is 0.619. The van der Waals surface area contributed by atoms with Gasteiger partial charge in [-0.1, -0.05) is 140 Å². The standard InChI is InChI=1S/C47H28N4O/c1-3-14-30(15-4-1)45-48-46(31-16-5-2-6-17-31)50-47(49-45)36-26-28-41-43-33(20-11-21-34(36)43)35-22-12-24-40(44(35)52-41)51-38-23-10-9-19-37(38)42-32-18-8-7-13-29(32)25-27-39(42)51/h1-28H. The molecule has 0 radical (unpaired) electrons. The molecule has 0 saturated heterocycles. The Balaban J connectivity index is 1.13. The van der Waals surface area contributed by atoms with E-state index in [1.807, 2.05) is 60.7 Å². The summed E-state index contributed by atoms with van der Waals surface area (Å²) in [5.41, 5.74) is 8.26. The van der Waals surface area contributed by atoms with Crippen LogP contribution >= 0.6 is 0 Å². The maximum Gasteiger partial charge on any atom is 0.164 e. The molecule has 0 saturated carbocycles. The molecule has 0 atom stereocenters. The van der Waals surface area contributed by atoms with Gasteiger partial charge in [-0.05, 0) is 52.1 Å². The summed E-state index contributed by atoms with van der Waals surface area (Å²) in [6.07, 6.45) is 0. The number of para-hydroxylation sites is 2. The van der Waals surface area contributed by atoms with Crippen molar-refractivity contribution in [3.63, 3.8) is 0 Å². The third kappa shape index (κ3) is 4.26. The van der Waals surface area contributed by atoms with Crippen LogP contribution in [0.2, 0.25) is 0 Å². The quantitative estimate of drug-likeness (QED) is 0.188. The molecule has 8 aromatic carbocycles. The molecular weight excluding hydrogens is 637 g/mol. The summed E-state index contributed by atoms with van der Waals surface area (Å²) in [7, 11) is 0.